The zero-order valence-corrected chi connectivity index (χ0v) is 13.6. The van der Waals surface area contributed by atoms with Crippen LogP contribution in [0.2, 0.25) is 0 Å². The van der Waals surface area contributed by atoms with Crippen molar-refractivity contribution in [1.82, 2.24) is 4.90 Å². The van der Waals surface area contributed by atoms with E-state index in [1.807, 2.05) is 34.9 Å². The minimum atomic E-state index is -0.00214. The smallest absolute Gasteiger partial charge is 0.254 e. The highest BCUT2D eigenvalue weighted by Crippen LogP contribution is 2.34. The van der Waals surface area contributed by atoms with E-state index in [0.29, 0.717) is 16.7 Å². The molecule has 2 heterocycles. The highest BCUT2D eigenvalue weighted by molar-refractivity contribution is 8.00. The molecule has 0 aliphatic carbocycles. The number of thioether (sulfide) groups is 2. The van der Waals surface area contributed by atoms with Crippen molar-refractivity contribution >= 4 is 41.0 Å². The van der Waals surface area contributed by atoms with Crippen molar-refractivity contribution in [2.24, 2.45) is 0 Å². The van der Waals surface area contributed by atoms with Gasteiger partial charge in [-0.2, -0.15) is 0 Å². The molecular weight excluding hydrogens is 304 g/mol. The Balaban J connectivity index is 1.81. The Labute approximate surface area is 133 Å². The standard InChI is InChI=1S/C15H18N2O2S2/c1-2-3-14-17(6-7-20-14)15(19)10-4-5-12-11(8-10)16-13(18)9-21-12/h4-5,8,14H,2-3,6-7,9H2,1H3,(H,16,18)/t14-/m1/s1. The molecule has 0 spiro atoms. The van der Waals surface area contributed by atoms with Crippen molar-refractivity contribution in [3.05, 3.63) is 23.8 Å². The minimum Gasteiger partial charge on any atom is -0.326 e. The zero-order valence-electron chi connectivity index (χ0n) is 11.9. The third kappa shape index (κ3) is 3.06. The molecule has 1 fully saturated rings. The van der Waals surface area contributed by atoms with Crippen LogP contribution >= 0.6 is 23.5 Å². The van der Waals surface area contributed by atoms with Gasteiger partial charge < -0.3 is 10.2 Å². The summed E-state index contributed by atoms with van der Waals surface area (Å²) in [6, 6.07) is 5.62. The van der Waals surface area contributed by atoms with Gasteiger partial charge in [-0.05, 0) is 24.6 Å². The molecule has 3 rings (SSSR count). The van der Waals surface area contributed by atoms with Gasteiger partial charge in [0.25, 0.3) is 5.91 Å². The fraction of sp³-hybridized carbons (Fsp3) is 0.467. The number of hydrogen-bond acceptors (Lipinski definition) is 4. The Bertz CT molecular complexity index is 577. The summed E-state index contributed by atoms with van der Waals surface area (Å²) in [4.78, 5) is 27.2. The predicted molar refractivity (Wildman–Crippen MR) is 88.0 cm³/mol. The second-order valence-electron chi connectivity index (χ2n) is 5.16. The monoisotopic (exact) mass is 322 g/mol. The lowest BCUT2D eigenvalue weighted by atomic mass is 10.1. The largest absolute Gasteiger partial charge is 0.326 e. The first-order valence-electron chi connectivity index (χ1n) is 7.18. The van der Waals surface area contributed by atoms with Crippen LogP contribution in [0.5, 0.6) is 0 Å². The number of nitrogens with one attached hydrogen (secondary N) is 1. The Kier molecular flexibility index (Phi) is 4.45. The number of nitrogens with zero attached hydrogens (tertiary/aromatic N) is 1. The minimum absolute atomic E-state index is 0.00214. The van der Waals surface area contributed by atoms with E-state index in [4.69, 9.17) is 0 Å². The second kappa shape index (κ2) is 6.32. The summed E-state index contributed by atoms with van der Waals surface area (Å²) < 4.78 is 0. The normalized spacial score (nSPS) is 21.1. The molecule has 1 aromatic carbocycles. The van der Waals surface area contributed by atoms with Gasteiger partial charge in [-0.3, -0.25) is 9.59 Å². The van der Waals surface area contributed by atoms with Crippen molar-refractivity contribution in [1.29, 1.82) is 0 Å². The molecule has 1 aromatic rings. The van der Waals surface area contributed by atoms with Gasteiger partial charge >= 0.3 is 0 Å². The first-order chi connectivity index (χ1) is 10.2. The van der Waals surface area contributed by atoms with Gasteiger partial charge in [-0.1, -0.05) is 13.3 Å². The van der Waals surface area contributed by atoms with Gasteiger partial charge in [0.2, 0.25) is 5.91 Å². The van der Waals surface area contributed by atoms with Crippen LogP contribution in [0.1, 0.15) is 30.1 Å². The number of rotatable bonds is 3. The first kappa shape index (κ1) is 14.8. The molecule has 4 nitrogen and oxygen atoms in total. The van der Waals surface area contributed by atoms with E-state index < -0.39 is 0 Å². The maximum Gasteiger partial charge on any atom is 0.254 e. The Morgan fingerprint density at radius 1 is 1.48 bits per heavy atom. The molecule has 112 valence electrons. The van der Waals surface area contributed by atoms with Crippen molar-refractivity contribution < 1.29 is 9.59 Å². The average Bonchev–Trinajstić information content (AvgIpc) is 2.94. The fourth-order valence-electron chi connectivity index (χ4n) is 2.62. The predicted octanol–water partition coefficient (Wildman–Crippen LogP) is 3.05. The Hall–Kier alpha value is -1.14. The molecule has 0 aromatic heterocycles. The number of amides is 2. The van der Waals surface area contributed by atoms with Gasteiger partial charge in [0.15, 0.2) is 0 Å². The van der Waals surface area contributed by atoms with Crippen LogP contribution in [0, 0.1) is 0 Å². The van der Waals surface area contributed by atoms with Crippen LogP contribution in [0.4, 0.5) is 5.69 Å². The second-order valence-corrected chi connectivity index (χ2v) is 7.46. The Morgan fingerprint density at radius 3 is 3.14 bits per heavy atom. The number of anilines is 1. The lowest BCUT2D eigenvalue weighted by Crippen LogP contribution is -2.34. The number of benzene rings is 1. The van der Waals surface area contributed by atoms with E-state index in [1.165, 1.54) is 11.8 Å². The van der Waals surface area contributed by atoms with E-state index in [9.17, 15) is 9.59 Å². The molecule has 2 aliphatic rings. The number of hydrogen-bond donors (Lipinski definition) is 1. The van der Waals surface area contributed by atoms with E-state index in [2.05, 4.69) is 12.2 Å². The molecule has 0 radical (unpaired) electrons. The number of carbonyl (C=O) groups excluding carboxylic acids is 2. The molecule has 1 N–H and O–H groups in total. The summed E-state index contributed by atoms with van der Waals surface area (Å²) in [5.41, 5.74) is 1.43. The number of fused-ring (bicyclic) bond motifs is 1. The quantitative estimate of drug-likeness (QED) is 0.929. The third-order valence-corrected chi connectivity index (χ3v) is 6.01. The van der Waals surface area contributed by atoms with Crippen LogP contribution in [-0.4, -0.2) is 40.1 Å². The summed E-state index contributed by atoms with van der Waals surface area (Å²) in [7, 11) is 0. The molecular formula is C15H18N2O2S2. The lowest BCUT2D eigenvalue weighted by Gasteiger charge is -2.24. The van der Waals surface area contributed by atoms with Crippen LogP contribution in [0.15, 0.2) is 23.1 Å². The van der Waals surface area contributed by atoms with Gasteiger partial charge in [-0.15, -0.1) is 23.5 Å². The summed E-state index contributed by atoms with van der Waals surface area (Å²) in [5.74, 6) is 1.53. The molecule has 2 aliphatic heterocycles. The summed E-state index contributed by atoms with van der Waals surface area (Å²) in [6.07, 6.45) is 2.12. The average molecular weight is 322 g/mol. The summed E-state index contributed by atoms with van der Waals surface area (Å²) >= 11 is 3.38. The zero-order chi connectivity index (χ0) is 14.8. The Morgan fingerprint density at radius 2 is 2.33 bits per heavy atom. The molecule has 0 bridgehead atoms. The maximum atomic E-state index is 12.7. The molecule has 0 unspecified atom stereocenters. The molecule has 2 amide bonds. The fourth-order valence-corrected chi connectivity index (χ4v) is 4.77. The van der Waals surface area contributed by atoms with Crippen LogP contribution in [0.3, 0.4) is 0 Å². The van der Waals surface area contributed by atoms with Gasteiger partial charge in [-0.25, -0.2) is 0 Å². The highest BCUT2D eigenvalue weighted by atomic mass is 32.2. The van der Waals surface area contributed by atoms with E-state index in [1.54, 1.807) is 0 Å². The molecule has 6 heteroatoms. The maximum absolute atomic E-state index is 12.7. The van der Waals surface area contributed by atoms with Crippen molar-refractivity contribution in [2.75, 3.05) is 23.4 Å². The lowest BCUT2D eigenvalue weighted by molar-refractivity contribution is -0.113. The van der Waals surface area contributed by atoms with Crippen molar-refractivity contribution in [3.8, 4) is 0 Å². The topological polar surface area (TPSA) is 49.4 Å². The summed E-state index contributed by atoms with van der Waals surface area (Å²) in [5, 5.41) is 3.14. The molecule has 0 saturated carbocycles. The van der Waals surface area contributed by atoms with Crippen LogP contribution < -0.4 is 5.32 Å². The number of carbonyl (C=O) groups is 2. The van der Waals surface area contributed by atoms with Gasteiger partial charge in [0, 0.05) is 22.8 Å². The van der Waals surface area contributed by atoms with Gasteiger partial charge in [0.1, 0.15) is 0 Å². The van der Waals surface area contributed by atoms with Crippen LogP contribution in [-0.2, 0) is 4.79 Å². The summed E-state index contributed by atoms with van der Waals surface area (Å²) in [6.45, 7) is 2.96. The SMILES string of the molecule is CCC[C@H]1SCCN1C(=O)c1ccc2c(c1)NC(=O)CS2. The van der Waals surface area contributed by atoms with Crippen molar-refractivity contribution in [3.63, 3.8) is 0 Å². The van der Waals surface area contributed by atoms with Gasteiger partial charge in [0.05, 0.1) is 16.8 Å². The third-order valence-electron chi connectivity index (χ3n) is 3.65. The van der Waals surface area contributed by atoms with Crippen LogP contribution in [0.25, 0.3) is 0 Å². The van der Waals surface area contributed by atoms with E-state index in [0.717, 1.165) is 35.7 Å². The van der Waals surface area contributed by atoms with Crippen molar-refractivity contribution in [2.45, 2.75) is 30.0 Å². The van der Waals surface area contributed by atoms with E-state index in [-0.39, 0.29) is 11.8 Å². The van der Waals surface area contributed by atoms with E-state index >= 15 is 0 Å². The molecule has 1 saturated heterocycles. The first-order valence-corrected chi connectivity index (χ1v) is 9.21. The molecule has 1 atom stereocenters. The molecule has 21 heavy (non-hydrogen) atoms. The highest BCUT2D eigenvalue weighted by Gasteiger charge is 2.29.